The number of hydrogen-bond acceptors (Lipinski definition) is 15. The number of aromatic nitrogens is 8. The molecule has 4 aromatic carbocycles. The predicted octanol–water partition coefficient (Wildman–Crippen LogP) is 7.64. The van der Waals surface area contributed by atoms with Crippen LogP contribution < -0.4 is 20.9 Å². The standard InChI is InChI=1S/C25H25N5O4.C24H25N5O3/c1-16(17-8-10-18(11-9-17)25(31)33-3)30-14-19(13-27-30)21-12-22(28-29-24(21)26)20-6-4-5-7-23(20)34-15-32-2;1-16(18-9-7-17(14-30)8-10-18)29-13-19(12-26-29)21-11-22(27-28-24(21)25)20-5-3-4-6-23(20)32-15-31-2/h4-14,16H,15H2,1-3H3,(H2,26,29);3-13,16,30H,14-15H2,1-2H3,(H2,25,28). The van der Waals surface area contributed by atoms with Gasteiger partial charge in [0.1, 0.15) is 11.5 Å². The number of para-hydroxylation sites is 2. The number of nitrogens with zero attached hydrogens (tertiary/aromatic N) is 8. The first kappa shape index (κ1) is 46.0. The van der Waals surface area contributed by atoms with Gasteiger partial charge in [0.2, 0.25) is 0 Å². The van der Waals surface area contributed by atoms with Gasteiger partial charge in [-0.1, -0.05) is 60.7 Å². The Morgan fingerprint density at radius 2 is 1.05 bits per heavy atom. The molecule has 4 aromatic heterocycles. The van der Waals surface area contributed by atoms with Crippen molar-refractivity contribution in [2.24, 2.45) is 0 Å². The van der Waals surface area contributed by atoms with E-state index in [0.29, 0.717) is 45.6 Å². The number of nitrogens with two attached hydrogens (primary N) is 2. The summed E-state index contributed by atoms with van der Waals surface area (Å²) >= 11 is 0. The van der Waals surface area contributed by atoms with Crippen LogP contribution in [0.1, 0.15) is 53.0 Å². The van der Waals surface area contributed by atoms with Crippen molar-refractivity contribution in [3.05, 3.63) is 156 Å². The molecule has 0 radical (unpaired) electrons. The number of carbonyl (C=O) groups excluding carboxylic acids is 1. The first-order chi connectivity index (χ1) is 32.1. The Morgan fingerprint density at radius 3 is 1.47 bits per heavy atom. The van der Waals surface area contributed by atoms with Gasteiger partial charge in [0, 0.05) is 60.0 Å². The Bertz CT molecular complexity index is 2870. The molecule has 0 saturated heterocycles. The van der Waals surface area contributed by atoms with E-state index in [1.54, 1.807) is 38.7 Å². The molecule has 5 N–H and O–H groups in total. The van der Waals surface area contributed by atoms with Crippen molar-refractivity contribution in [1.29, 1.82) is 0 Å². The minimum Gasteiger partial charge on any atom is -0.467 e. The number of aliphatic hydroxyl groups excluding tert-OH is 1. The number of esters is 1. The van der Waals surface area contributed by atoms with Crippen LogP contribution in [0.4, 0.5) is 11.6 Å². The van der Waals surface area contributed by atoms with E-state index in [1.165, 1.54) is 7.11 Å². The molecule has 338 valence electrons. The highest BCUT2D eigenvalue weighted by Gasteiger charge is 2.18. The van der Waals surface area contributed by atoms with Crippen LogP contribution in [-0.4, -0.2) is 85.9 Å². The second-order valence-electron chi connectivity index (χ2n) is 14.9. The molecule has 8 aromatic rings. The smallest absolute Gasteiger partial charge is 0.337 e. The van der Waals surface area contributed by atoms with E-state index in [4.69, 9.17) is 35.2 Å². The van der Waals surface area contributed by atoms with Crippen LogP contribution in [0.15, 0.2) is 134 Å². The average Bonchev–Trinajstić information content (AvgIpc) is 4.07. The van der Waals surface area contributed by atoms with Crippen molar-refractivity contribution in [3.8, 4) is 56.3 Å². The summed E-state index contributed by atoms with van der Waals surface area (Å²) in [6.07, 6.45) is 7.35. The number of ether oxygens (including phenoxy) is 5. The molecule has 0 aliphatic carbocycles. The quantitative estimate of drug-likeness (QED) is 0.0626. The third kappa shape index (κ3) is 10.7. The normalized spacial score (nSPS) is 11.8. The monoisotopic (exact) mass is 890 g/mol. The van der Waals surface area contributed by atoms with E-state index in [2.05, 4.69) is 37.5 Å². The van der Waals surface area contributed by atoms with Gasteiger partial charge in [-0.25, -0.2) is 4.79 Å². The van der Waals surface area contributed by atoms with Crippen LogP contribution in [0.3, 0.4) is 0 Å². The number of nitrogen functional groups attached to an aromatic ring is 2. The zero-order chi connectivity index (χ0) is 46.6. The zero-order valence-electron chi connectivity index (χ0n) is 37.1. The fourth-order valence-corrected chi connectivity index (χ4v) is 6.98. The largest absolute Gasteiger partial charge is 0.467 e. The summed E-state index contributed by atoms with van der Waals surface area (Å²) in [7, 11) is 4.50. The van der Waals surface area contributed by atoms with Crippen molar-refractivity contribution in [2.75, 3.05) is 46.4 Å². The lowest BCUT2D eigenvalue weighted by Crippen LogP contribution is -2.08. The van der Waals surface area contributed by atoms with Gasteiger partial charge in [0.25, 0.3) is 0 Å². The Morgan fingerprint density at radius 1 is 0.606 bits per heavy atom. The van der Waals surface area contributed by atoms with Gasteiger partial charge in [0.05, 0.1) is 55.1 Å². The molecule has 66 heavy (non-hydrogen) atoms. The summed E-state index contributed by atoms with van der Waals surface area (Å²) in [5.41, 5.74) is 21.7. The summed E-state index contributed by atoms with van der Waals surface area (Å²) in [5.74, 6) is 1.53. The maximum absolute atomic E-state index is 11.7. The SMILES string of the molecule is COCOc1ccccc1-c1cc(-c2cnn(C(C)c3ccc(C(=O)OC)cc3)c2)c(N)nn1.COCOc1ccccc1-c1cc(-c2cnn(C(C)c3ccc(CO)cc3)c2)c(N)nn1. The molecule has 17 heteroatoms. The third-order valence-corrected chi connectivity index (χ3v) is 10.7. The summed E-state index contributed by atoms with van der Waals surface area (Å²) < 4.78 is 29.8. The lowest BCUT2D eigenvalue weighted by Gasteiger charge is -2.13. The van der Waals surface area contributed by atoms with E-state index >= 15 is 0 Å². The van der Waals surface area contributed by atoms with Gasteiger partial charge in [-0.05, 0) is 79.1 Å². The summed E-state index contributed by atoms with van der Waals surface area (Å²) in [4.78, 5) is 11.7. The highest BCUT2D eigenvalue weighted by Crippen LogP contribution is 2.35. The molecule has 0 spiro atoms. The summed E-state index contributed by atoms with van der Waals surface area (Å²) in [6.45, 7) is 4.37. The van der Waals surface area contributed by atoms with Gasteiger partial charge in [0.15, 0.2) is 25.2 Å². The Kier molecular flexibility index (Phi) is 15.1. The highest BCUT2D eigenvalue weighted by molar-refractivity contribution is 5.89. The van der Waals surface area contributed by atoms with Gasteiger partial charge in [-0.2, -0.15) is 10.2 Å². The highest BCUT2D eigenvalue weighted by atomic mass is 16.7. The maximum atomic E-state index is 11.7. The van der Waals surface area contributed by atoms with E-state index in [0.717, 1.165) is 44.5 Å². The zero-order valence-corrected chi connectivity index (χ0v) is 37.1. The van der Waals surface area contributed by atoms with Crippen LogP contribution in [0.25, 0.3) is 44.8 Å². The maximum Gasteiger partial charge on any atom is 0.337 e. The number of rotatable bonds is 16. The lowest BCUT2D eigenvalue weighted by atomic mass is 10.1. The first-order valence-corrected chi connectivity index (χ1v) is 20.8. The van der Waals surface area contributed by atoms with Crippen LogP contribution in [-0.2, 0) is 20.8 Å². The molecule has 17 nitrogen and oxygen atoms in total. The molecule has 2 unspecified atom stereocenters. The van der Waals surface area contributed by atoms with Gasteiger partial charge >= 0.3 is 5.97 Å². The van der Waals surface area contributed by atoms with Crippen molar-refractivity contribution in [2.45, 2.75) is 32.5 Å². The minimum atomic E-state index is -0.369. The Balaban J connectivity index is 0.000000197. The average molecular weight is 891 g/mol. The number of hydrogen-bond donors (Lipinski definition) is 3. The van der Waals surface area contributed by atoms with Crippen molar-refractivity contribution in [3.63, 3.8) is 0 Å². The number of anilines is 2. The Hall–Kier alpha value is -7.99. The van der Waals surface area contributed by atoms with Crippen LogP contribution >= 0.6 is 0 Å². The fraction of sp³-hybridized carbons (Fsp3) is 0.204. The Labute approximate surface area is 381 Å². The molecule has 0 aliphatic rings. The van der Waals surface area contributed by atoms with E-state index < -0.39 is 0 Å². The van der Waals surface area contributed by atoms with Crippen LogP contribution in [0.5, 0.6) is 11.5 Å². The second kappa shape index (κ2) is 21.6. The molecule has 4 heterocycles. The van der Waals surface area contributed by atoms with Crippen LogP contribution in [0.2, 0.25) is 0 Å². The van der Waals surface area contributed by atoms with Gasteiger partial charge in [-0.15, -0.1) is 20.4 Å². The minimum absolute atomic E-state index is 0.00940. The van der Waals surface area contributed by atoms with Crippen molar-refractivity contribution < 1.29 is 33.6 Å². The third-order valence-electron chi connectivity index (χ3n) is 10.7. The van der Waals surface area contributed by atoms with E-state index in [-0.39, 0.29) is 38.2 Å². The number of benzene rings is 4. The molecule has 0 amide bonds. The molecule has 0 bridgehead atoms. The second-order valence-corrected chi connectivity index (χ2v) is 14.9. The first-order valence-electron chi connectivity index (χ1n) is 20.8. The predicted molar refractivity (Wildman–Crippen MR) is 249 cm³/mol. The van der Waals surface area contributed by atoms with E-state index in [9.17, 15) is 9.90 Å². The molecule has 8 rings (SSSR count). The topological polar surface area (TPSA) is 223 Å². The van der Waals surface area contributed by atoms with E-state index in [1.807, 2.05) is 126 Å². The number of aliphatic hydroxyl groups is 1. The fourth-order valence-electron chi connectivity index (χ4n) is 6.98. The van der Waals surface area contributed by atoms with Crippen LogP contribution in [0, 0.1) is 0 Å². The molecule has 0 aliphatic heterocycles. The molecule has 2 atom stereocenters. The van der Waals surface area contributed by atoms with Gasteiger partial charge in [-0.3, -0.25) is 9.36 Å². The summed E-state index contributed by atoms with van der Waals surface area (Å²) in [5, 5.41) is 35.2. The summed E-state index contributed by atoms with van der Waals surface area (Å²) in [6, 6.07) is 33.9. The lowest BCUT2D eigenvalue weighted by molar-refractivity contribution is 0.0513. The molecular formula is C49H50N10O7. The number of carbonyl (C=O) groups is 1. The van der Waals surface area contributed by atoms with Crippen molar-refractivity contribution in [1.82, 2.24) is 40.0 Å². The molecule has 0 saturated carbocycles. The molecule has 0 fully saturated rings. The number of methoxy groups -OCH3 is 3. The molecular weight excluding hydrogens is 841 g/mol. The van der Waals surface area contributed by atoms with Crippen molar-refractivity contribution >= 4 is 17.6 Å². The van der Waals surface area contributed by atoms with Gasteiger partial charge < -0.3 is 40.3 Å².